The van der Waals surface area contributed by atoms with E-state index in [9.17, 15) is 9.59 Å². The minimum absolute atomic E-state index is 0.111. The van der Waals surface area contributed by atoms with Crippen LogP contribution in [0.15, 0.2) is 84.9 Å². The van der Waals surface area contributed by atoms with Gasteiger partial charge >= 0.3 is 0 Å². The number of carbonyl (C=O) groups is 2. The number of hydrogen-bond donors (Lipinski definition) is 3. The monoisotopic (exact) mass is 373 g/mol. The number of carbonyl (C=O) groups excluding carboxylic acids is 2. The summed E-state index contributed by atoms with van der Waals surface area (Å²) in [7, 11) is 0. The molecule has 0 fully saturated rings. The lowest BCUT2D eigenvalue weighted by Crippen LogP contribution is -2.40. The first-order chi connectivity index (χ1) is 13.5. The molecule has 0 bridgehead atoms. The summed E-state index contributed by atoms with van der Waals surface area (Å²) < 4.78 is 0. The molecule has 3 rings (SSSR count). The summed E-state index contributed by atoms with van der Waals surface area (Å²) in [6, 6.07) is 26.0. The van der Waals surface area contributed by atoms with Crippen molar-refractivity contribution in [1.82, 2.24) is 5.32 Å². The van der Waals surface area contributed by atoms with Crippen LogP contribution in [-0.4, -0.2) is 17.9 Å². The minimum Gasteiger partial charge on any atom is -0.366 e. The van der Waals surface area contributed by atoms with Gasteiger partial charge in [-0.15, -0.1) is 0 Å². The number of nitrogens with two attached hydrogens (primary N) is 1. The Morgan fingerprint density at radius 2 is 1.29 bits per heavy atom. The van der Waals surface area contributed by atoms with E-state index in [1.165, 1.54) is 0 Å². The normalized spacial score (nSPS) is 11.8. The zero-order valence-corrected chi connectivity index (χ0v) is 15.6. The number of hydrogen-bond acceptors (Lipinski definition) is 3. The standard InChI is InChI=1S/C23H23N3O2/c1-16(23(28)26-20-14-12-19(13-15-20)22(24)27)25-21(17-8-4-2-5-9-17)18-10-6-3-7-11-18/h2-16,21,25H,1H3,(H2,24,27)(H,26,28)/t16-/m0/s1. The van der Waals surface area contributed by atoms with Crippen molar-refractivity contribution >= 4 is 17.5 Å². The Balaban J connectivity index is 1.73. The van der Waals surface area contributed by atoms with Crippen LogP contribution < -0.4 is 16.4 Å². The van der Waals surface area contributed by atoms with Gasteiger partial charge in [-0.25, -0.2) is 0 Å². The number of amides is 2. The van der Waals surface area contributed by atoms with E-state index in [2.05, 4.69) is 10.6 Å². The molecule has 1 atom stereocenters. The van der Waals surface area contributed by atoms with E-state index in [0.717, 1.165) is 11.1 Å². The van der Waals surface area contributed by atoms with E-state index in [1.807, 2.05) is 67.6 Å². The van der Waals surface area contributed by atoms with E-state index >= 15 is 0 Å². The lowest BCUT2D eigenvalue weighted by atomic mass is 9.98. The van der Waals surface area contributed by atoms with Gasteiger partial charge in [-0.05, 0) is 42.3 Å². The van der Waals surface area contributed by atoms with Crippen molar-refractivity contribution in [3.63, 3.8) is 0 Å². The number of anilines is 1. The number of primary amides is 1. The quantitative estimate of drug-likeness (QED) is 0.593. The molecule has 3 aromatic rings. The van der Waals surface area contributed by atoms with E-state index in [-0.39, 0.29) is 11.9 Å². The molecule has 0 heterocycles. The van der Waals surface area contributed by atoms with E-state index < -0.39 is 11.9 Å². The lowest BCUT2D eigenvalue weighted by Gasteiger charge is -2.24. The van der Waals surface area contributed by atoms with Crippen LogP contribution in [0.3, 0.4) is 0 Å². The van der Waals surface area contributed by atoms with E-state index in [1.54, 1.807) is 24.3 Å². The molecule has 0 unspecified atom stereocenters. The minimum atomic E-state index is -0.499. The summed E-state index contributed by atoms with van der Waals surface area (Å²) in [5.41, 5.74) is 8.42. The first-order valence-electron chi connectivity index (χ1n) is 9.11. The molecule has 0 aliphatic heterocycles. The SMILES string of the molecule is C[C@H](NC(c1ccccc1)c1ccccc1)C(=O)Nc1ccc(C(N)=O)cc1. The number of nitrogens with one attached hydrogen (secondary N) is 2. The molecular weight excluding hydrogens is 350 g/mol. The van der Waals surface area contributed by atoms with Gasteiger partial charge in [-0.3, -0.25) is 14.9 Å². The van der Waals surface area contributed by atoms with Crippen molar-refractivity contribution in [2.45, 2.75) is 19.0 Å². The Bertz CT molecular complexity index is 886. The summed E-state index contributed by atoms with van der Waals surface area (Å²) in [6.07, 6.45) is 0. The van der Waals surface area contributed by atoms with Crippen LogP contribution in [0.4, 0.5) is 5.69 Å². The fourth-order valence-electron chi connectivity index (χ4n) is 2.97. The van der Waals surface area contributed by atoms with Crippen molar-refractivity contribution in [2.75, 3.05) is 5.32 Å². The molecular formula is C23H23N3O2. The molecule has 0 spiro atoms. The third-order valence-electron chi connectivity index (χ3n) is 4.51. The van der Waals surface area contributed by atoms with E-state index in [4.69, 9.17) is 5.73 Å². The molecule has 3 aromatic carbocycles. The van der Waals surface area contributed by atoms with Crippen molar-refractivity contribution in [3.8, 4) is 0 Å². The zero-order chi connectivity index (χ0) is 19.9. The summed E-state index contributed by atoms with van der Waals surface area (Å²) in [5, 5.41) is 6.28. The molecule has 28 heavy (non-hydrogen) atoms. The highest BCUT2D eigenvalue weighted by molar-refractivity contribution is 5.96. The molecule has 4 N–H and O–H groups in total. The topological polar surface area (TPSA) is 84.2 Å². The molecule has 142 valence electrons. The summed E-state index contributed by atoms with van der Waals surface area (Å²) in [5.74, 6) is -0.662. The Kier molecular flexibility index (Phi) is 6.19. The Morgan fingerprint density at radius 1 is 0.786 bits per heavy atom. The van der Waals surface area contributed by atoms with Gasteiger partial charge in [0.1, 0.15) is 0 Å². The van der Waals surface area contributed by atoms with Crippen molar-refractivity contribution in [2.24, 2.45) is 5.73 Å². The fraction of sp³-hybridized carbons (Fsp3) is 0.130. The van der Waals surface area contributed by atoms with Gasteiger partial charge in [0.25, 0.3) is 0 Å². The third kappa shape index (κ3) is 4.84. The second-order valence-corrected chi connectivity index (χ2v) is 6.57. The second-order valence-electron chi connectivity index (χ2n) is 6.57. The Morgan fingerprint density at radius 3 is 1.75 bits per heavy atom. The van der Waals surface area contributed by atoms with Crippen molar-refractivity contribution < 1.29 is 9.59 Å². The highest BCUT2D eigenvalue weighted by atomic mass is 16.2. The van der Waals surface area contributed by atoms with Crippen LogP contribution >= 0.6 is 0 Å². The average molecular weight is 373 g/mol. The van der Waals surface area contributed by atoms with Gasteiger partial charge in [0.05, 0.1) is 12.1 Å². The Labute approximate surface area is 164 Å². The molecule has 5 nitrogen and oxygen atoms in total. The van der Waals surface area contributed by atoms with E-state index in [0.29, 0.717) is 11.3 Å². The summed E-state index contributed by atoms with van der Waals surface area (Å²) in [4.78, 5) is 23.8. The van der Waals surface area contributed by atoms with Gasteiger partial charge in [-0.2, -0.15) is 0 Å². The van der Waals surface area contributed by atoms with Crippen LogP contribution in [0.5, 0.6) is 0 Å². The third-order valence-corrected chi connectivity index (χ3v) is 4.51. The van der Waals surface area contributed by atoms with Crippen LogP contribution in [0.2, 0.25) is 0 Å². The van der Waals surface area contributed by atoms with Crippen molar-refractivity contribution in [1.29, 1.82) is 0 Å². The lowest BCUT2D eigenvalue weighted by molar-refractivity contribution is -0.117. The molecule has 5 heteroatoms. The maximum Gasteiger partial charge on any atom is 0.248 e. The predicted molar refractivity (Wildman–Crippen MR) is 111 cm³/mol. The molecule has 0 aliphatic carbocycles. The van der Waals surface area contributed by atoms with Crippen LogP contribution in [0, 0.1) is 0 Å². The maximum atomic E-state index is 12.7. The van der Waals surface area contributed by atoms with Crippen LogP contribution in [0.1, 0.15) is 34.5 Å². The first kappa shape index (κ1) is 19.3. The average Bonchev–Trinajstić information content (AvgIpc) is 2.73. The number of benzene rings is 3. The fourth-order valence-corrected chi connectivity index (χ4v) is 2.97. The molecule has 0 aromatic heterocycles. The smallest absolute Gasteiger partial charge is 0.248 e. The summed E-state index contributed by atoms with van der Waals surface area (Å²) >= 11 is 0. The number of rotatable bonds is 7. The molecule has 0 radical (unpaired) electrons. The highest BCUT2D eigenvalue weighted by Crippen LogP contribution is 2.22. The molecule has 0 saturated heterocycles. The molecule has 0 saturated carbocycles. The first-order valence-corrected chi connectivity index (χ1v) is 9.11. The van der Waals surface area contributed by atoms with Crippen molar-refractivity contribution in [3.05, 3.63) is 102 Å². The van der Waals surface area contributed by atoms with Gasteiger partial charge in [0, 0.05) is 11.3 Å². The zero-order valence-electron chi connectivity index (χ0n) is 15.6. The maximum absolute atomic E-state index is 12.7. The predicted octanol–water partition coefficient (Wildman–Crippen LogP) is 3.49. The largest absolute Gasteiger partial charge is 0.366 e. The highest BCUT2D eigenvalue weighted by Gasteiger charge is 2.20. The Hall–Kier alpha value is -3.44. The molecule has 0 aliphatic rings. The van der Waals surface area contributed by atoms with Crippen LogP contribution in [-0.2, 0) is 4.79 Å². The molecule has 2 amide bonds. The van der Waals surface area contributed by atoms with Gasteiger partial charge in [-0.1, -0.05) is 60.7 Å². The van der Waals surface area contributed by atoms with Gasteiger partial charge < -0.3 is 11.1 Å². The van der Waals surface area contributed by atoms with Gasteiger partial charge in [0.2, 0.25) is 11.8 Å². The van der Waals surface area contributed by atoms with Gasteiger partial charge in [0.15, 0.2) is 0 Å². The second kappa shape index (κ2) is 8.97. The summed E-state index contributed by atoms with van der Waals surface area (Å²) in [6.45, 7) is 1.83. The van der Waals surface area contributed by atoms with Crippen LogP contribution in [0.25, 0.3) is 0 Å².